The molecule has 1 aromatic carbocycles. The number of rotatable bonds is 5. The lowest BCUT2D eigenvalue weighted by Gasteiger charge is -2.30. The molecule has 1 saturated heterocycles. The molecule has 0 amide bonds. The van der Waals surface area contributed by atoms with Gasteiger partial charge in [-0.25, -0.2) is 4.79 Å². The molecule has 118 valence electrons. The maximum Gasteiger partial charge on any atom is 0.336 e. The molecule has 22 heavy (non-hydrogen) atoms. The number of carboxylic acids is 1. The lowest BCUT2D eigenvalue weighted by molar-refractivity contribution is -0.139. The molecule has 0 spiro atoms. The Labute approximate surface area is 128 Å². The Bertz CT molecular complexity index is 576. The van der Waals surface area contributed by atoms with Crippen molar-refractivity contribution in [3.63, 3.8) is 0 Å². The summed E-state index contributed by atoms with van der Waals surface area (Å²) in [5.74, 6) is -1.35. The van der Waals surface area contributed by atoms with E-state index in [-0.39, 0.29) is 18.1 Å². The zero-order chi connectivity index (χ0) is 15.9. The van der Waals surface area contributed by atoms with Gasteiger partial charge >= 0.3 is 11.9 Å². The van der Waals surface area contributed by atoms with E-state index in [9.17, 15) is 14.7 Å². The molecule has 6 heteroatoms. The summed E-state index contributed by atoms with van der Waals surface area (Å²) in [5.41, 5.74) is 1.69. The standard InChI is InChI=1S/C16H19NO5/c1-12(18)22-9-3-5-13-14(16(19)20)4-2-6-15(13)17-7-10-21-11-8-17/h2-6H,7-11H2,1H3,(H,19,20)/b5-3+. The molecule has 0 unspecified atom stereocenters. The van der Waals surface area contributed by atoms with E-state index in [1.54, 1.807) is 24.3 Å². The molecule has 1 aromatic rings. The second kappa shape index (κ2) is 7.61. The number of esters is 1. The van der Waals surface area contributed by atoms with E-state index in [1.807, 2.05) is 6.07 Å². The van der Waals surface area contributed by atoms with Crippen LogP contribution in [-0.2, 0) is 14.3 Å². The number of nitrogens with zero attached hydrogens (tertiary/aromatic N) is 1. The van der Waals surface area contributed by atoms with Gasteiger partial charge in [0.1, 0.15) is 6.61 Å². The normalized spacial score (nSPS) is 15.0. The summed E-state index contributed by atoms with van der Waals surface area (Å²) < 4.78 is 10.2. The molecule has 0 saturated carbocycles. The van der Waals surface area contributed by atoms with E-state index in [1.165, 1.54) is 6.92 Å². The molecule has 0 radical (unpaired) electrons. The second-order valence-electron chi connectivity index (χ2n) is 4.85. The third-order valence-electron chi connectivity index (χ3n) is 3.33. The number of carbonyl (C=O) groups excluding carboxylic acids is 1. The lowest BCUT2D eigenvalue weighted by atomic mass is 10.0. The second-order valence-corrected chi connectivity index (χ2v) is 4.85. The van der Waals surface area contributed by atoms with Crippen molar-refractivity contribution in [3.8, 4) is 0 Å². The molecule has 1 fully saturated rings. The number of hydrogen-bond acceptors (Lipinski definition) is 5. The van der Waals surface area contributed by atoms with Crippen molar-refractivity contribution in [2.75, 3.05) is 37.8 Å². The quantitative estimate of drug-likeness (QED) is 0.836. The number of aromatic carboxylic acids is 1. The average Bonchev–Trinajstić information content (AvgIpc) is 2.52. The number of morpholine rings is 1. The Morgan fingerprint density at radius 1 is 1.36 bits per heavy atom. The Morgan fingerprint density at radius 3 is 2.73 bits per heavy atom. The van der Waals surface area contributed by atoms with Crippen molar-refractivity contribution in [3.05, 3.63) is 35.4 Å². The van der Waals surface area contributed by atoms with Crippen LogP contribution in [0.2, 0.25) is 0 Å². The molecule has 2 rings (SSSR count). The van der Waals surface area contributed by atoms with Crippen LogP contribution in [0.1, 0.15) is 22.8 Å². The van der Waals surface area contributed by atoms with Crippen LogP contribution in [0.15, 0.2) is 24.3 Å². The Kier molecular flexibility index (Phi) is 5.55. The lowest BCUT2D eigenvalue weighted by Crippen LogP contribution is -2.36. The third-order valence-corrected chi connectivity index (χ3v) is 3.33. The fraction of sp³-hybridized carbons (Fsp3) is 0.375. The molecule has 0 bridgehead atoms. The van der Waals surface area contributed by atoms with E-state index in [4.69, 9.17) is 9.47 Å². The molecule has 6 nitrogen and oxygen atoms in total. The summed E-state index contributed by atoms with van der Waals surface area (Å²) in [7, 11) is 0. The van der Waals surface area contributed by atoms with E-state index in [0.29, 0.717) is 31.9 Å². The van der Waals surface area contributed by atoms with Gasteiger partial charge in [-0.3, -0.25) is 4.79 Å². The van der Waals surface area contributed by atoms with Crippen LogP contribution < -0.4 is 4.90 Å². The Morgan fingerprint density at radius 2 is 2.09 bits per heavy atom. The molecule has 0 aliphatic carbocycles. The number of benzene rings is 1. The van der Waals surface area contributed by atoms with Crippen LogP contribution in [-0.4, -0.2) is 50.0 Å². The van der Waals surface area contributed by atoms with Gasteiger partial charge in [-0.1, -0.05) is 12.1 Å². The van der Waals surface area contributed by atoms with Gasteiger partial charge in [-0.15, -0.1) is 0 Å². The first-order valence-corrected chi connectivity index (χ1v) is 7.08. The van der Waals surface area contributed by atoms with Crippen LogP contribution in [0.25, 0.3) is 6.08 Å². The highest BCUT2D eigenvalue weighted by Crippen LogP contribution is 2.26. The minimum atomic E-state index is -0.984. The first-order valence-electron chi connectivity index (χ1n) is 7.08. The molecule has 1 heterocycles. The fourth-order valence-corrected chi connectivity index (χ4v) is 2.33. The van der Waals surface area contributed by atoms with Gasteiger partial charge in [0.2, 0.25) is 0 Å². The number of hydrogen-bond donors (Lipinski definition) is 1. The maximum absolute atomic E-state index is 11.4. The molecule has 1 aliphatic rings. The highest BCUT2D eigenvalue weighted by Gasteiger charge is 2.18. The Balaban J connectivity index is 2.29. The molecule has 0 atom stereocenters. The molecule has 1 N–H and O–H groups in total. The van der Waals surface area contributed by atoms with Crippen LogP contribution in [0.3, 0.4) is 0 Å². The van der Waals surface area contributed by atoms with E-state index >= 15 is 0 Å². The third kappa shape index (κ3) is 4.08. The Hall–Kier alpha value is -2.34. The number of anilines is 1. The zero-order valence-electron chi connectivity index (χ0n) is 12.4. The molecular weight excluding hydrogens is 286 g/mol. The minimum absolute atomic E-state index is 0.117. The van der Waals surface area contributed by atoms with Crippen molar-refractivity contribution in [2.24, 2.45) is 0 Å². The van der Waals surface area contributed by atoms with Crippen molar-refractivity contribution < 1.29 is 24.2 Å². The number of carbonyl (C=O) groups is 2. The molecule has 1 aliphatic heterocycles. The van der Waals surface area contributed by atoms with Crippen molar-refractivity contribution in [1.82, 2.24) is 0 Å². The summed E-state index contributed by atoms with van der Waals surface area (Å²) >= 11 is 0. The summed E-state index contributed by atoms with van der Waals surface area (Å²) in [4.78, 5) is 24.3. The summed E-state index contributed by atoms with van der Waals surface area (Å²) in [5, 5.41) is 9.37. The fourth-order valence-electron chi connectivity index (χ4n) is 2.33. The van der Waals surface area contributed by atoms with Gasteiger partial charge in [0, 0.05) is 31.3 Å². The smallest absolute Gasteiger partial charge is 0.336 e. The van der Waals surface area contributed by atoms with Gasteiger partial charge < -0.3 is 19.5 Å². The van der Waals surface area contributed by atoms with Gasteiger partial charge in [0.25, 0.3) is 0 Å². The average molecular weight is 305 g/mol. The summed E-state index contributed by atoms with van der Waals surface area (Å²) in [6, 6.07) is 5.19. The zero-order valence-corrected chi connectivity index (χ0v) is 12.4. The highest BCUT2D eigenvalue weighted by molar-refractivity contribution is 5.95. The SMILES string of the molecule is CC(=O)OC/C=C/c1c(C(=O)O)cccc1N1CCOCC1. The van der Waals surface area contributed by atoms with E-state index in [2.05, 4.69) is 4.90 Å². The van der Waals surface area contributed by atoms with Gasteiger partial charge in [0.15, 0.2) is 0 Å². The van der Waals surface area contributed by atoms with Gasteiger partial charge in [-0.2, -0.15) is 0 Å². The highest BCUT2D eigenvalue weighted by atomic mass is 16.5. The first-order chi connectivity index (χ1) is 10.6. The number of ether oxygens (including phenoxy) is 2. The van der Waals surface area contributed by atoms with Crippen LogP contribution >= 0.6 is 0 Å². The van der Waals surface area contributed by atoms with Gasteiger partial charge in [0.05, 0.1) is 18.8 Å². The topological polar surface area (TPSA) is 76.1 Å². The molecular formula is C16H19NO5. The van der Waals surface area contributed by atoms with Crippen molar-refractivity contribution in [1.29, 1.82) is 0 Å². The van der Waals surface area contributed by atoms with Crippen LogP contribution in [0, 0.1) is 0 Å². The summed E-state index contributed by atoms with van der Waals surface area (Å²) in [6.07, 6.45) is 3.34. The van der Waals surface area contributed by atoms with Crippen LogP contribution in [0.4, 0.5) is 5.69 Å². The van der Waals surface area contributed by atoms with Crippen molar-refractivity contribution >= 4 is 23.7 Å². The minimum Gasteiger partial charge on any atom is -0.478 e. The van der Waals surface area contributed by atoms with Crippen molar-refractivity contribution in [2.45, 2.75) is 6.92 Å². The van der Waals surface area contributed by atoms with Gasteiger partial charge in [-0.05, 0) is 18.2 Å². The summed E-state index contributed by atoms with van der Waals surface area (Å²) in [6.45, 7) is 4.12. The number of carboxylic acid groups (broad SMARTS) is 1. The first kappa shape index (κ1) is 16.0. The molecule has 0 aromatic heterocycles. The predicted molar refractivity (Wildman–Crippen MR) is 82.1 cm³/mol. The van der Waals surface area contributed by atoms with E-state index < -0.39 is 5.97 Å². The maximum atomic E-state index is 11.4. The monoisotopic (exact) mass is 305 g/mol. The van der Waals surface area contributed by atoms with Crippen LogP contribution in [0.5, 0.6) is 0 Å². The largest absolute Gasteiger partial charge is 0.478 e. The predicted octanol–water partition coefficient (Wildman–Crippen LogP) is 1.80. The van der Waals surface area contributed by atoms with E-state index in [0.717, 1.165) is 5.69 Å².